The van der Waals surface area contributed by atoms with Crippen LogP contribution in [0.5, 0.6) is 0 Å². The van der Waals surface area contributed by atoms with E-state index in [9.17, 15) is 4.79 Å². The standard InChI is InChI=1S/C15H14Br2N2O/c1-19(9-10-4-2-3-5-13(10)17)15(20)12-8-11(16)6-7-14(12)18/h2-8H,9,18H2,1H3. The Morgan fingerprint density at radius 3 is 2.60 bits per heavy atom. The topological polar surface area (TPSA) is 46.3 Å². The van der Waals surface area contributed by atoms with Crippen molar-refractivity contribution in [2.24, 2.45) is 0 Å². The molecule has 0 atom stereocenters. The number of nitrogens with zero attached hydrogens (tertiary/aromatic N) is 1. The van der Waals surface area contributed by atoms with Gasteiger partial charge in [-0.3, -0.25) is 4.79 Å². The summed E-state index contributed by atoms with van der Waals surface area (Å²) in [5, 5.41) is 0. The van der Waals surface area contributed by atoms with Crippen molar-refractivity contribution in [1.29, 1.82) is 0 Å². The minimum Gasteiger partial charge on any atom is -0.398 e. The van der Waals surface area contributed by atoms with E-state index in [4.69, 9.17) is 5.73 Å². The Kier molecular flexibility index (Phi) is 4.83. The highest BCUT2D eigenvalue weighted by Gasteiger charge is 2.16. The molecule has 20 heavy (non-hydrogen) atoms. The number of amides is 1. The molecule has 0 bridgehead atoms. The molecule has 5 heteroatoms. The van der Waals surface area contributed by atoms with E-state index in [1.54, 1.807) is 24.1 Å². The molecule has 0 unspecified atom stereocenters. The third-order valence-corrected chi connectivity index (χ3v) is 4.22. The first-order valence-electron chi connectivity index (χ1n) is 6.03. The van der Waals surface area contributed by atoms with E-state index in [1.807, 2.05) is 30.3 Å². The molecule has 2 rings (SSSR count). The lowest BCUT2D eigenvalue weighted by molar-refractivity contribution is 0.0786. The molecule has 2 aromatic rings. The fourth-order valence-electron chi connectivity index (χ4n) is 1.87. The molecule has 0 aromatic heterocycles. The van der Waals surface area contributed by atoms with Gasteiger partial charge in [0.15, 0.2) is 0 Å². The van der Waals surface area contributed by atoms with Gasteiger partial charge in [0.1, 0.15) is 0 Å². The molecule has 0 saturated carbocycles. The number of halogens is 2. The summed E-state index contributed by atoms with van der Waals surface area (Å²) in [6.07, 6.45) is 0. The van der Waals surface area contributed by atoms with Crippen LogP contribution in [0.3, 0.4) is 0 Å². The maximum Gasteiger partial charge on any atom is 0.256 e. The Bertz CT molecular complexity index is 644. The molecule has 3 nitrogen and oxygen atoms in total. The van der Waals surface area contributed by atoms with E-state index in [2.05, 4.69) is 31.9 Å². The largest absolute Gasteiger partial charge is 0.398 e. The maximum absolute atomic E-state index is 12.4. The Morgan fingerprint density at radius 2 is 1.90 bits per heavy atom. The fourth-order valence-corrected chi connectivity index (χ4v) is 2.64. The average molecular weight is 398 g/mol. The van der Waals surface area contributed by atoms with Crippen molar-refractivity contribution in [2.45, 2.75) is 6.54 Å². The van der Waals surface area contributed by atoms with Gasteiger partial charge in [-0.05, 0) is 29.8 Å². The first kappa shape index (κ1) is 15.1. The Hall–Kier alpha value is -1.33. The third-order valence-electron chi connectivity index (χ3n) is 2.96. The van der Waals surface area contributed by atoms with Gasteiger partial charge < -0.3 is 10.6 Å². The van der Waals surface area contributed by atoms with Gasteiger partial charge in [0.05, 0.1) is 5.56 Å². The highest BCUT2D eigenvalue weighted by molar-refractivity contribution is 9.10. The monoisotopic (exact) mass is 396 g/mol. The number of anilines is 1. The van der Waals surface area contributed by atoms with E-state index in [0.29, 0.717) is 17.8 Å². The summed E-state index contributed by atoms with van der Waals surface area (Å²) >= 11 is 6.84. The van der Waals surface area contributed by atoms with Crippen LogP contribution < -0.4 is 5.73 Å². The summed E-state index contributed by atoms with van der Waals surface area (Å²) in [5.74, 6) is -0.0976. The van der Waals surface area contributed by atoms with Gasteiger partial charge in [0.25, 0.3) is 5.91 Å². The van der Waals surface area contributed by atoms with Gasteiger partial charge in [-0.15, -0.1) is 0 Å². The number of rotatable bonds is 3. The highest BCUT2D eigenvalue weighted by Crippen LogP contribution is 2.22. The summed E-state index contributed by atoms with van der Waals surface area (Å²) < 4.78 is 1.83. The molecule has 0 heterocycles. The number of carbonyl (C=O) groups is 1. The summed E-state index contributed by atoms with van der Waals surface area (Å²) in [5.41, 5.74) is 7.92. The van der Waals surface area contributed by atoms with Gasteiger partial charge in [0, 0.05) is 28.2 Å². The van der Waals surface area contributed by atoms with Crippen molar-refractivity contribution in [3.63, 3.8) is 0 Å². The van der Waals surface area contributed by atoms with Crippen LogP contribution in [0.15, 0.2) is 51.4 Å². The summed E-state index contributed by atoms with van der Waals surface area (Å²) in [7, 11) is 1.77. The molecule has 0 aliphatic carbocycles. The van der Waals surface area contributed by atoms with Crippen LogP contribution in [-0.2, 0) is 6.54 Å². The maximum atomic E-state index is 12.4. The van der Waals surface area contributed by atoms with Gasteiger partial charge in [-0.2, -0.15) is 0 Å². The zero-order valence-electron chi connectivity index (χ0n) is 10.9. The number of benzene rings is 2. The highest BCUT2D eigenvalue weighted by atomic mass is 79.9. The minimum absolute atomic E-state index is 0.0976. The molecule has 0 radical (unpaired) electrons. The zero-order valence-corrected chi connectivity index (χ0v) is 14.1. The van der Waals surface area contributed by atoms with Gasteiger partial charge in [0.2, 0.25) is 0 Å². The second-order valence-electron chi connectivity index (χ2n) is 4.48. The molecule has 2 N–H and O–H groups in total. The smallest absolute Gasteiger partial charge is 0.256 e. The molecule has 104 valence electrons. The zero-order chi connectivity index (χ0) is 14.7. The Balaban J connectivity index is 2.21. The Labute approximate surface area is 135 Å². The lowest BCUT2D eigenvalue weighted by atomic mass is 10.1. The molecule has 0 aliphatic rings. The van der Waals surface area contributed by atoms with Crippen molar-refractivity contribution < 1.29 is 4.79 Å². The van der Waals surface area contributed by atoms with Crippen LogP contribution in [0.1, 0.15) is 15.9 Å². The van der Waals surface area contributed by atoms with E-state index in [0.717, 1.165) is 14.5 Å². The molecule has 0 aliphatic heterocycles. The predicted molar refractivity (Wildman–Crippen MR) is 88.5 cm³/mol. The van der Waals surface area contributed by atoms with E-state index in [-0.39, 0.29) is 5.91 Å². The molecular formula is C15H14Br2N2O. The van der Waals surface area contributed by atoms with E-state index < -0.39 is 0 Å². The van der Waals surface area contributed by atoms with Crippen molar-refractivity contribution in [2.75, 3.05) is 12.8 Å². The molecule has 0 spiro atoms. The molecule has 1 amide bonds. The second-order valence-corrected chi connectivity index (χ2v) is 6.25. The number of hydrogen-bond donors (Lipinski definition) is 1. The number of nitrogens with two attached hydrogens (primary N) is 1. The summed E-state index contributed by atoms with van der Waals surface area (Å²) in [4.78, 5) is 14.1. The molecule has 2 aromatic carbocycles. The van der Waals surface area contributed by atoms with Crippen LogP contribution in [0.25, 0.3) is 0 Å². The van der Waals surface area contributed by atoms with Gasteiger partial charge in [-0.1, -0.05) is 50.1 Å². The molecule has 0 saturated heterocycles. The second kappa shape index (κ2) is 6.41. The first-order valence-corrected chi connectivity index (χ1v) is 7.61. The van der Waals surface area contributed by atoms with Crippen molar-refractivity contribution in [1.82, 2.24) is 4.90 Å². The van der Waals surface area contributed by atoms with Crippen LogP contribution in [0, 0.1) is 0 Å². The van der Waals surface area contributed by atoms with Gasteiger partial charge >= 0.3 is 0 Å². The Morgan fingerprint density at radius 1 is 1.20 bits per heavy atom. The first-order chi connectivity index (χ1) is 9.49. The lowest BCUT2D eigenvalue weighted by Gasteiger charge is -2.19. The van der Waals surface area contributed by atoms with Crippen LogP contribution >= 0.6 is 31.9 Å². The normalized spacial score (nSPS) is 10.3. The van der Waals surface area contributed by atoms with E-state index in [1.165, 1.54) is 0 Å². The van der Waals surface area contributed by atoms with E-state index >= 15 is 0 Å². The third kappa shape index (κ3) is 3.41. The van der Waals surface area contributed by atoms with Crippen LogP contribution in [0.2, 0.25) is 0 Å². The van der Waals surface area contributed by atoms with Crippen molar-refractivity contribution in [3.05, 3.63) is 62.5 Å². The lowest BCUT2D eigenvalue weighted by Crippen LogP contribution is -2.27. The van der Waals surface area contributed by atoms with Crippen molar-refractivity contribution >= 4 is 43.5 Å². The fraction of sp³-hybridized carbons (Fsp3) is 0.133. The van der Waals surface area contributed by atoms with Gasteiger partial charge in [-0.25, -0.2) is 0 Å². The average Bonchev–Trinajstić information content (AvgIpc) is 2.43. The molecule has 0 fully saturated rings. The summed E-state index contributed by atoms with van der Waals surface area (Å²) in [6.45, 7) is 0.520. The molecular weight excluding hydrogens is 384 g/mol. The summed E-state index contributed by atoms with van der Waals surface area (Å²) in [6, 6.07) is 13.1. The number of nitrogen functional groups attached to an aromatic ring is 1. The predicted octanol–water partition coefficient (Wildman–Crippen LogP) is 4.07. The SMILES string of the molecule is CN(Cc1ccccc1Br)C(=O)c1cc(Br)ccc1N. The minimum atomic E-state index is -0.0976. The number of hydrogen-bond acceptors (Lipinski definition) is 2. The van der Waals surface area contributed by atoms with Crippen LogP contribution in [-0.4, -0.2) is 17.9 Å². The quantitative estimate of drug-likeness (QED) is 0.793. The van der Waals surface area contributed by atoms with Crippen LogP contribution in [0.4, 0.5) is 5.69 Å². The van der Waals surface area contributed by atoms with Crippen molar-refractivity contribution in [3.8, 4) is 0 Å². The number of carbonyl (C=O) groups excluding carboxylic acids is 1.